The molecule has 1 fully saturated rings. The van der Waals surface area contributed by atoms with Crippen molar-refractivity contribution in [2.75, 3.05) is 0 Å². The van der Waals surface area contributed by atoms with E-state index in [1.807, 2.05) is 16.4 Å². The van der Waals surface area contributed by atoms with E-state index in [9.17, 15) is 0 Å². The molecule has 0 N–H and O–H groups in total. The van der Waals surface area contributed by atoms with E-state index in [-0.39, 0.29) is 5.41 Å². The molecular weight excluding hydrogens is 280 g/mol. The molecule has 1 aliphatic rings. The van der Waals surface area contributed by atoms with Crippen molar-refractivity contribution in [2.24, 2.45) is 0 Å². The van der Waals surface area contributed by atoms with Crippen LogP contribution in [0.5, 0.6) is 0 Å². The van der Waals surface area contributed by atoms with Gasteiger partial charge in [-0.25, -0.2) is 4.68 Å². The second kappa shape index (κ2) is 5.79. The standard InChI is InChI=1S/C16H22N4S/c1-16(2,3)13-6-4-12(5-7-13)10-21-11-15-17-18-19-20(15)14-8-9-14/h4-7,14H,8-11H2,1-3H3. The molecular formula is C16H22N4S. The number of aromatic nitrogens is 4. The van der Waals surface area contributed by atoms with Gasteiger partial charge in [-0.2, -0.15) is 0 Å². The molecule has 0 atom stereocenters. The Kier molecular flexibility index (Phi) is 4.02. The molecule has 4 nitrogen and oxygen atoms in total. The number of nitrogens with zero attached hydrogens (tertiary/aromatic N) is 4. The van der Waals surface area contributed by atoms with Crippen LogP contribution in [0.1, 0.15) is 56.6 Å². The van der Waals surface area contributed by atoms with Gasteiger partial charge in [-0.05, 0) is 39.8 Å². The average molecular weight is 302 g/mol. The van der Waals surface area contributed by atoms with E-state index in [0.717, 1.165) is 17.3 Å². The van der Waals surface area contributed by atoms with Crippen molar-refractivity contribution in [1.29, 1.82) is 0 Å². The van der Waals surface area contributed by atoms with Gasteiger partial charge in [0.2, 0.25) is 0 Å². The number of benzene rings is 1. The zero-order valence-corrected chi connectivity index (χ0v) is 13.7. The van der Waals surface area contributed by atoms with Gasteiger partial charge in [0.25, 0.3) is 0 Å². The molecule has 1 aromatic heterocycles. The minimum absolute atomic E-state index is 0.220. The highest BCUT2D eigenvalue weighted by molar-refractivity contribution is 7.97. The van der Waals surface area contributed by atoms with E-state index in [1.54, 1.807) is 0 Å². The second-order valence-electron chi connectivity index (χ2n) is 6.71. The average Bonchev–Trinajstić information content (AvgIpc) is 3.18. The van der Waals surface area contributed by atoms with Gasteiger partial charge in [0.1, 0.15) is 0 Å². The molecule has 0 aliphatic heterocycles. The number of hydrogen-bond donors (Lipinski definition) is 0. The molecule has 112 valence electrons. The molecule has 21 heavy (non-hydrogen) atoms. The van der Waals surface area contributed by atoms with E-state index in [2.05, 4.69) is 60.6 Å². The molecule has 0 unspecified atom stereocenters. The quantitative estimate of drug-likeness (QED) is 0.844. The lowest BCUT2D eigenvalue weighted by Gasteiger charge is -2.19. The van der Waals surface area contributed by atoms with Gasteiger partial charge in [0.05, 0.1) is 11.8 Å². The van der Waals surface area contributed by atoms with Gasteiger partial charge in [-0.15, -0.1) is 16.9 Å². The van der Waals surface area contributed by atoms with Crippen LogP contribution in [-0.4, -0.2) is 20.2 Å². The number of hydrogen-bond acceptors (Lipinski definition) is 4. The first-order valence-corrected chi connectivity index (χ1v) is 8.63. The summed E-state index contributed by atoms with van der Waals surface area (Å²) in [5, 5.41) is 12.0. The first-order chi connectivity index (χ1) is 10.0. The van der Waals surface area contributed by atoms with Crippen LogP contribution in [0.4, 0.5) is 0 Å². The van der Waals surface area contributed by atoms with Crippen molar-refractivity contribution in [2.45, 2.75) is 56.6 Å². The molecule has 0 radical (unpaired) electrons. The third-order valence-electron chi connectivity index (χ3n) is 3.77. The summed E-state index contributed by atoms with van der Waals surface area (Å²) in [6.45, 7) is 6.73. The van der Waals surface area contributed by atoms with Crippen LogP contribution >= 0.6 is 11.8 Å². The summed E-state index contributed by atoms with van der Waals surface area (Å²) in [7, 11) is 0. The van der Waals surface area contributed by atoms with Crippen molar-refractivity contribution in [3.05, 3.63) is 41.2 Å². The summed E-state index contributed by atoms with van der Waals surface area (Å²) in [6.07, 6.45) is 2.44. The van der Waals surface area contributed by atoms with Crippen molar-refractivity contribution < 1.29 is 0 Å². The van der Waals surface area contributed by atoms with Crippen LogP contribution in [0.3, 0.4) is 0 Å². The van der Waals surface area contributed by atoms with Crippen LogP contribution in [0, 0.1) is 0 Å². The summed E-state index contributed by atoms with van der Waals surface area (Å²) in [5.41, 5.74) is 2.96. The predicted molar refractivity (Wildman–Crippen MR) is 86.2 cm³/mol. The summed E-state index contributed by atoms with van der Waals surface area (Å²) < 4.78 is 2.00. The van der Waals surface area contributed by atoms with E-state index in [0.29, 0.717) is 6.04 Å². The van der Waals surface area contributed by atoms with Gasteiger partial charge < -0.3 is 0 Å². The second-order valence-corrected chi connectivity index (χ2v) is 7.70. The first-order valence-electron chi connectivity index (χ1n) is 7.48. The normalized spacial score (nSPS) is 15.4. The minimum atomic E-state index is 0.220. The van der Waals surface area contributed by atoms with Gasteiger partial charge in [-0.1, -0.05) is 45.0 Å². The van der Waals surface area contributed by atoms with Crippen LogP contribution < -0.4 is 0 Å². The fourth-order valence-electron chi connectivity index (χ4n) is 2.27. The fourth-order valence-corrected chi connectivity index (χ4v) is 3.17. The lowest BCUT2D eigenvalue weighted by atomic mass is 9.87. The maximum absolute atomic E-state index is 4.14. The van der Waals surface area contributed by atoms with Crippen LogP contribution in [0.2, 0.25) is 0 Å². The number of rotatable bonds is 5. The maximum atomic E-state index is 4.14. The first kappa shape index (κ1) is 14.6. The Morgan fingerprint density at radius 2 is 1.86 bits per heavy atom. The minimum Gasteiger partial charge on any atom is -0.226 e. The Morgan fingerprint density at radius 3 is 2.48 bits per heavy atom. The van der Waals surface area contributed by atoms with Crippen LogP contribution in [0.25, 0.3) is 0 Å². The van der Waals surface area contributed by atoms with E-state index >= 15 is 0 Å². The van der Waals surface area contributed by atoms with Gasteiger partial charge in [-0.3, -0.25) is 0 Å². The zero-order chi connectivity index (χ0) is 14.9. The van der Waals surface area contributed by atoms with E-state index in [1.165, 1.54) is 24.0 Å². The molecule has 1 aliphatic carbocycles. The van der Waals surface area contributed by atoms with E-state index < -0.39 is 0 Å². The Hall–Kier alpha value is -1.36. The van der Waals surface area contributed by atoms with Crippen LogP contribution in [0.15, 0.2) is 24.3 Å². The molecule has 3 rings (SSSR count). The Balaban J connectivity index is 1.54. The van der Waals surface area contributed by atoms with Crippen LogP contribution in [-0.2, 0) is 16.9 Å². The summed E-state index contributed by atoms with van der Waals surface area (Å²) in [4.78, 5) is 0. The largest absolute Gasteiger partial charge is 0.226 e. The maximum Gasteiger partial charge on any atom is 0.161 e. The Bertz CT molecular complexity index is 593. The molecule has 2 aromatic rings. The lowest BCUT2D eigenvalue weighted by Crippen LogP contribution is -2.10. The zero-order valence-electron chi connectivity index (χ0n) is 12.9. The molecule has 1 heterocycles. The SMILES string of the molecule is CC(C)(C)c1ccc(CSCc2nnnn2C2CC2)cc1. The molecule has 0 saturated heterocycles. The van der Waals surface area contributed by atoms with Crippen molar-refractivity contribution in [1.82, 2.24) is 20.2 Å². The fraction of sp³-hybridized carbons (Fsp3) is 0.562. The number of thioether (sulfide) groups is 1. The lowest BCUT2D eigenvalue weighted by molar-refractivity contribution is 0.590. The molecule has 5 heteroatoms. The molecule has 0 bridgehead atoms. The van der Waals surface area contributed by atoms with E-state index in [4.69, 9.17) is 0 Å². The summed E-state index contributed by atoms with van der Waals surface area (Å²) in [5.74, 6) is 2.89. The Morgan fingerprint density at radius 1 is 1.14 bits per heavy atom. The van der Waals surface area contributed by atoms with Crippen molar-refractivity contribution in [3.8, 4) is 0 Å². The van der Waals surface area contributed by atoms with Crippen molar-refractivity contribution >= 4 is 11.8 Å². The number of tetrazole rings is 1. The highest BCUT2D eigenvalue weighted by atomic mass is 32.2. The molecule has 0 spiro atoms. The van der Waals surface area contributed by atoms with Gasteiger partial charge in [0, 0.05) is 5.75 Å². The smallest absolute Gasteiger partial charge is 0.161 e. The molecule has 0 amide bonds. The molecule has 1 saturated carbocycles. The molecule has 1 aromatic carbocycles. The monoisotopic (exact) mass is 302 g/mol. The third kappa shape index (κ3) is 3.64. The van der Waals surface area contributed by atoms with Gasteiger partial charge >= 0.3 is 0 Å². The predicted octanol–water partition coefficient (Wildman–Crippen LogP) is 3.74. The van der Waals surface area contributed by atoms with Gasteiger partial charge in [0.15, 0.2) is 5.82 Å². The highest BCUT2D eigenvalue weighted by Crippen LogP contribution is 2.35. The van der Waals surface area contributed by atoms with Crippen molar-refractivity contribution in [3.63, 3.8) is 0 Å². The third-order valence-corrected chi connectivity index (χ3v) is 4.77. The topological polar surface area (TPSA) is 43.6 Å². The Labute approximate surface area is 130 Å². The summed E-state index contributed by atoms with van der Waals surface area (Å²) in [6, 6.07) is 9.50. The highest BCUT2D eigenvalue weighted by Gasteiger charge is 2.27. The summed E-state index contributed by atoms with van der Waals surface area (Å²) >= 11 is 1.87.